The minimum Gasteiger partial charge on any atom is -0.353 e. The Balaban J connectivity index is 1.66. The monoisotopic (exact) mass is 449 g/mol. The van der Waals surface area contributed by atoms with Crippen LogP contribution in [0.15, 0.2) is 69.4 Å². The Labute approximate surface area is 180 Å². The fourth-order valence-corrected chi connectivity index (χ4v) is 5.33. The molecule has 1 aliphatic heterocycles. The summed E-state index contributed by atoms with van der Waals surface area (Å²) in [6.07, 6.45) is 2.50. The van der Waals surface area contributed by atoms with Crippen LogP contribution < -0.4 is 10.0 Å². The topological polar surface area (TPSA) is 87.6 Å². The van der Waals surface area contributed by atoms with E-state index >= 15 is 0 Å². The van der Waals surface area contributed by atoms with Crippen LogP contribution in [0.2, 0.25) is 0 Å². The number of sulfonamides is 1. The molecule has 0 bridgehead atoms. The van der Waals surface area contributed by atoms with Crippen LogP contribution in [-0.4, -0.2) is 50.5 Å². The first-order valence-electron chi connectivity index (χ1n) is 9.16. The number of thioether (sulfide) groups is 2. The molecule has 0 radical (unpaired) electrons. The molecule has 2 N–H and O–H groups in total. The predicted molar refractivity (Wildman–Crippen MR) is 120 cm³/mol. The normalized spacial score (nSPS) is 16.8. The third-order valence-corrected chi connectivity index (χ3v) is 7.31. The Hall–Kier alpha value is -1.97. The van der Waals surface area contributed by atoms with Gasteiger partial charge in [0, 0.05) is 22.8 Å². The number of amidine groups is 1. The highest BCUT2D eigenvalue weighted by Crippen LogP contribution is 2.23. The first kappa shape index (κ1) is 21.7. The number of rotatable bonds is 9. The molecule has 1 heterocycles. The molecule has 1 aliphatic rings. The van der Waals surface area contributed by atoms with Gasteiger partial charge in [-0.1, -0.05) is 30.3 Å². The second kappa shape index (κ2) is 10.2. The van der Waals surface area contributed by atoms with E-state index < -0.39 is 16.1 Å². The molecule has 29 heavy (non-hydrogen) atoms. The van der Waals surface area contributed by atoms with Gasteiger partial charge in [-0.2, -0.15) is 11.8 Å². The van der Waals surface area contributed by atoms with Crippen LogP contribution in [0.1, 0.15) is 12.0 Å². The first-order valence-corrected chi connectivity index (χ1v) is 13.0. The molecule has 0 fully saturated rings. The summed E-state index contributed by atoms with van der Waals surface area (Å²) in [5.74, 6) is 1.54. The van der Waals surface area contributed by atoms with Crippen molar-refractivity contribution in [1.29, 1.82) is 0 Å². The molecule has 2 aromatic carbocycles. The quantitative estimate of drug-likeness (QED) is 0.454. The Morgan fingerprint density at radius 3 is 2.59 bits per heavy atom. The molecule has 0 saturated heterocycles. The maximum absolute atomic E-state index is 12.7. The van der Waals surface area contributed by atoms with E-state index in [4.69, 9.17) is 0 Å². The van der Waals surface area contributed by atoms with Crippen LogP contribution in [0.25, 0.3) is 0 Å². The molecule has 1 atom stereocenters. The van der Waals surface area contributed by atoms with E-state index in [1.807, 2.05) is 36.6 Å². The standard InChI is InChI=1S/C20H23N3O3S3/c1-27-13-11-17(20(24)21-12-14-28-15-7-3-2-4-8-15)22-19-16-9-5-6-10-18(16)29(25,26)23-19/h2-10,17H,11-14H2,1H3,(H,21,24)(H,22,23). The van der Waals surface area contributed by atoms with Crippen molar-refractivity contribution < 1.29 is 13.2 Å². The number of carbonyl (C=O) groups is 1. The van der Waals surface area contributed by atoms with Crippen LogP contribution in [0, 0.1) is 0 Å². The van der Waals surface area contributed by atoms with E-state index in [1.165, 1.54) is 6.07 Å². The molecule has 154 valence electrons. The Morgan fingerprint density at radius 1 is 1.10 bits per heavy atom. The van der Waals surface area contributed by atoms with Crippen LogP contribution in [0.3, 0.4) is 0 Å². The van der Waals surface area contributed by atoms with Gasteiger partial charge < -0.3 is 5.32 Å². The van der Waals surface area contributed by atoms with Crippen molar-refractivity contribution in [3.8, 4) is 0 Å². The van der Waals surface area contributed by atoms with E-state index in [1.54, 1.807) is 41.7 Å². The van der Waals surface area contributed by atoms with Crippen molar-refractivity contribution in [3.05, 3.63) is 60.2 Å². The van der Waals surface area contributed by atoms with E-state index in [-0.39, 0.29) is 16.6 Å². The van der Waals surface area contributed by atoms with Gasteiger partial charge in [-0.15, -0.1) is 11.8 Å². The molecule has 0 spiro atoms. The molecule has 9 heteroatoms. The van der Waals surface area contributed by atoms with Crippen molar-refractivity contribution in [3.63, 3.8) is 0 Å². The summed E-state index contributed by atoms with van der Waals surface area (Å²) >= 11 is 3.29. The number of fused-ring (bicyclic) bond motifs is 1. The summed E-state index contributed by atoms with van der Waals surface area (Å²) in [5, 5.41) is 2.93. The molecule has 0 aromatic heterocycles. The average molecular weight is 450 g/mol. The first-order chi connectivity index (χ1) is 14.0. The van der Waals surface area contributed by atoms with Crippen molar-refractivity contribution in [1.82, 2.24) is 10.0 Å². The summed E-state index contributed by atoms with van der Waals surface area (Å²) in [7, 11) is -3.62. The lowest BCUT2D eigenvalue weighted by Crippen LogP contribution is -2.37. The van der Waals surface area contributed by atoms with Gasteiger partial charge in [0.1, 0.15) is 11.9 Å². The second-order valence-corrected chi connectivity index (χ2v) is 10.1. The zero-order chi connectivity index (χ0) is 20.7. The Kier molecular flexibility index (Phi) is 7.63. The van der Waals surface area contributed by atoms with Gasteiger partial charge in [0.2, 0.25) is 5.91 Å². The number of nitrogens with zero attached hydrogens (tertiary/aromatic N) is 1. The molecular weight excluding hydrogens is 426 g/mol. The maximum atomic E-state index is 12.7. The molecule has 6 nitrogen and oxygen atoms in total. The van der Waals surface area contributed by atoms with E-state index in [9.17, 15) is 13.2 Å². The molecule has 3 rings (SSSR count). The summed E-state index contributed by atoms with van der Waals surface area (Å²) in [6, 6.07) is 16.0. The van der Waals surface area contributed by atoms with Gasteiger partial charge in [-0.05, 0) is 42.7 Å². The fourth-order valence-electron chi connectivity index (χ4n) is 2.85. The van der Waals surface area contributed by atoms with Crippen molar-refractivity contribution in [2.75, 3.05) is 24.3 Å². The minimum atomic E-state index is -3.62. The van der Waals surface area contributed by atoms with Crippen LogP contribution in [0.4, 0.5) is 0 Å². The molecule has 1 unspecified atom stereocenters. The molecule has 0 aliphatic carbocycles. The van der Waals surface area contributed by atoms with Gasteiger partial charge in [0.15, 0.2) is 0 Å². The second-order valence-electron chi connectivity index (χ2n) is 6.33. The SMILES string of the molecule is CSCCC(N=C1NS(=O)(=O)c2ccccc21)C(=O)NCCSc1ccccc1. The molecule has 0 saturated carbocycles. The summed E-state index contributed by atoms with van der Waals surface area (Å²) in [5.41, 5.74) is 0.508. The van der Waals surface area contributed by atoms with Gasteiger partial charge in [0.05, 0.1) is 4.90 Å². The lowest BCUT2D eigenvalue weighted by molar-refractivity contribution is -0.122. The number of nitrogens with one attached hydrogen (secondary N) is 2. The third kappa shape index (κ3) is 5.77. The van der Waals surface area contributed by atoms with Crippen LogP contribution in [-0.2, 0) is 14.8 Å². The van der Waals surface area contributed by atoms with Gasteiger partial charge in [-0.25, -0.2) is 8.42 Å². The Bertz CT molecular complexity index is 979. The van der Waals surface area contributed by atoms with Crippen LogP contribution in [0.5, 0.6) is 0 Å². The van der Waals surface area contributed by atoms with Crippen molar-refractivity contribution >= 4 is 45.3 Å². The van der Waals surface area contributed by atoms with Gasteiger partial charge in [-0.3, -0.25) is 14.5 Å². The number of benzene rings is 2. The van der Waals surface area contributed by atoms with Gasteiger partial charge >= 0.3 is 0 Å². The maximum Gasteiger partial charge on any atom is 0.263 e. The zero-order valence-electron chi connectivity index (χ0n) is 16.0. The van der Waals surface area contributed by atoms with E-state index in [2.05, 4.69) is 15.0 Å². The van der Waals surface area contributed by atoms with E-state index in [0.29, 0.717) is 18.5 Å². The highest BCUT2D eigenvalue weighted by atomic mass is 32.2. The average Bonchev–Trinajstić information content (AvgIpc) is 2.99. The lowest BCUT2D eigenvalue weighted by atomic mass is 10.2. The molecule has 1 amide bonds. The zero-order valence-corrected chi connectivity index (χ0v) is 18.4. The summed E-state index contributed by atoms with van der Waals surface area (Å²) < 4.78 is 27.0. The third-order valence-electron chi connectivity index (χ3n) is 4.26. The smallest absolute Gasteiger partial charge is 0.263 e. The Morgan fingerprint density at radius 2 is 1.83 bits per heavy atom. The largest absolute Gasteiger partial charge is 0.353 e. The molecular formula is C20H23N3O3S3. The summed E-state index contributed by atoms with van der Waals surface area (Å²) in [6.45, 7) is 0.515. The molecule has 2 aromatic rings. The van der Waals surface area contributed by atoms with Gasteiger partial charge in [0.25, 0.3) is 10.0 Å². The highest BCUT2D eigenvalue weighted by molar-refractivity contribution is 7.99. The van der Waals surface area contributed by atoms with Crippen molar-refractivity contribution in [2.24, 2.45) is 4.99 Å². The number of amides is 1. The number of hydrogen-bond donors (Lipinski definition) is 2. The minimum absolute atomic E-state index is 0.191. The number of carbonyl (C=O) groups excluding carboxylic acids is 1. The van der Waals surface area contributed by atoms with Crippen molar-refractivity contribution in [2.45, 2.75) is 22.3 Å². The predicted octanol–water partition coefficient (Wildman–Crippen LogP) is 2.76. The number of aliphatic imine (C=N–C) groups is 1. The van der Waals surface area contributed by atoms with E-state index in [0.717, 1.165) is 16.4 Å². The summed E-state index contributed by atoms with van der Waals surface area (Å²) in [4.78, 5) is 18.5. The fraction of sp³-hybridized carbons (Fsp3) is 0.300. The highest BCUT2D eigenvalue weighted by Gasteiger charge is 2.31. The van der Waals surface area contributed by atoms with Crippen LogP contribution >= 0.6 is 23.5 Å². The number of hydrogen-bond acceptors (Lipinski definition) is 6. The lowest BCUT2D eigenvalue weighted by Gasteiger charge is -2.14.